The number of rotatable bonds is 6. The Balaban J connectivity index is 2.70. The van der Waals surface area contributed by atoms with Crippen LogP contribution in [0.4, 0.5) is 0 Å². The van der Waals surface area contributed by atoms with Gasteiger partial charge in [-0.15, -0.1) is 0 Å². The van der Waals surface area contributed by atoms with E-state index in [2.05, 4.69) is 39.8 Å². The van der Waals surface area contributed by atoms with Gasteiger partial charge in [-0.3, -0.25) is 4.79 Å². The molecular weight excluding hydrogens is 222 g/mol. The van der Waals surface area contributed by atoms with Gasteiger partial charge in [-0.25, -0.2) is 0 Å². The summed E-state index contributed by atoms with van der Waals surface area (Å²) in [5, 5.41) is 0. The van der Waals surface area contributed by atoms with Crippen LogP contribution < -0.4 is 5.73 Å². The first kappa shape index (κ1) is 14.9. The van der Waals surface area contributed by atoms with Crippen molar-refractivity contribution in [3.63, 3.8) is 0 Å². The zero-order valence-electron chi connectivity index (χ0n) is 12.0. The monoisotopic (exact) mass is 247 g/mol. The number of Topliss-reactive ketones (excluding diaryl/α,β-unsaturated/α-hetero) is 1. The highest BCUT2D eigenvalue weighted by Gasteiger charge is 2.18. The maximum atomic E-state index is 12.2. The highest BCUT2D eigenvalue weighted by molar-refractivity contribution is 5.83. The van der Waals surface area contributed by atoms with Crippen LogP contribution in [0.1, 0.15) is 37.0 Å². The van der Waals surface area contributed by atoms with Crippen molar-refractivity contribution >= 4 is 5.78 Å². The summed E-state index contributed by atoms with van der Waals surface area (Å²) in [6, 6.07) is 6.23. The average molecular weight is 247 g/mol. The van der Waals surface area contributed by atoms with Crippen LogP contribution in [0.2, 0.25) is 0 Å². The summed E-state index contributed by atoms with van der Waals surface area (Å²) in [4.78, 5) is 12.2. The molecule has 0 saturated carbocycles. The highest BCUT2D eigenvalue weighted by Crippen LogP contribution is 2.16. The number of hydrogen-bond donors (Lipinski definition) is 1. The quantitative estimate of drug-likeness (QED) is 0.839. The third kappa shape index (κ3) is 4.26. The maximum Gasteiger partial charge on any atom is 0.141 e. The van der Waals surface area contributed by atoms with E-state index in [1.807, 2.05) is 6.07 Å². The fourth-order valence-corrected chi connectivity index (χ4v) is 2.19. The van der Waals surface area contributed by atoms with Crippen LogP contribution in [0.5, 0.6) is 0 Å². The zero-order valence-corrected chi connectivity index (χ0v) is 12.0. The summed E-state index contributed by atoms with van der Waals surface area (Å²) < 4.78 is 0. The second-order valence-corrected chi connectivity index (χ2v) is 5.62. The Bertz CT molecular complexity index is 410. The van der Waals surface area contributed by atoms with Gasteiger partial charge in [0.25, 0.3) is 0 Å². The lowest BCUT2D eigenvalue weighted by Gasteiger charge is -2.16. The van der Waals surface area contributed by atoms with Crippen LogP contribution in [-0.2, 0) is 11.2 Å². The minimum atomic E-state index is 0.00612. The normalized spacial score (nSPS) is 12.8. The van der Waals surface area contributed by atoms with Crippen LogP contribution in [-0.4, -0.2) is 12.3 Å². The lowest BCUT2D eigenvalue weighted by atomic mass is 9.90. The van der Waals surface area contributed by atoms with Crippen molar-refractivity contribution in [2.45, 2.75) is 40.5 Å². The molecule has 2 heteroatoms. The molecule has 0 amide bonds. The summed E-state index contributed by atoms with van der Waals surface area (Å²) in [5.41, 5.74) is 9.32. The van der Waals surface area contributed by atoms with Crippen molar-refractivity contribution in [1.29, 1.82) is 0 Å². The van der Waals surface area contributed by atoms with Gasteiger partial charge < -0.3 is 5.73 Å². The van der Waals surface area contributed by atoms with Gasteiger partial charge in [-0.2, -0.15) is 0 Å². The molecule has 0 aliphatic rings. The molecule has 1 aromatic rings. The molecule has 2 nitrogen and oxygen atoms in total. The van der Waals surface area contributed by atoms with Gasteiger partial charge in [0.15, 0.2) is 0 Å². The van der Waals surface area contributed by atoms with Gasteiger partial charge >= 0.3 is 0 Å². The van der Waals surface area contributed by atoms with Gasteiger partial charge in [0, 0.05) is 18.9 Å². The summed E-state index contributed by atoms with van der Waals surface area (Å²) in [6.45, 7) is 8.89. The molecule has 1 aromatic carbocycles. The minimum absolute atomic E-state index is 0.00612. The van der Waals surface area contributed by atoms with E-state index in [1.165, 1.54) is 11.1 Å². The predicted molar refractivity (Wildman–Crippen MR) is 76.6 cm³/mol. The largest absolute Gasteiger partial charge is 0.330 e. The number of benzene rings is 1. The van der Waals surface area contributed by atoms with Crippen molar-refractivity contribution in [2.24, 2.45) is 17.6 Å². The Labute approximate surface area is 111 Å². The van der Waals surface area contributed by atoms with Gasteiger partial charge in [0.05, 0.1) is 0 Å². The lowest BCUT2D eigenvalue weighted by Crippen LogP contribution is -2.26. The predicted octanol–water partition coefficient (Wildman–Crippen LogP) is 3.04. The van der Waals surface area contributed by atoms with Crippen LogP contribution in [0.3, 0.4) is 0 Å². The molecule has 0 saturated heterocycles. The standard InChI is InChI=1S/C16H25NO/c1-11(2)7-15(10-17)16(18)9-14-6-5-12(3)13(4)8-14/h5-6,8,11,15H,7,9-10,17H2,1-4H3. The lowest BCUT2D eigenvalue weighted by molar-refractivity contribution is -0.122. The van der Waals surface area contributed by atoms with Crippen molar-refractivity contribution < 1.29 is 4.79 Å². The second-order valence-electron chi connectivity index (χ2n) is 5.62. The number of carbonyl (C=O) groups excluding carboxylic acids is 1. The van der Waals surface area contributed by atoms with E-state index in [0.29, 0.717) is 18.9 Å². The Kier molecular flexibility index (Phi) is 5.54. The molecule has 1 rings (SSSR count). The molecule has 1 unspecified atom stereocenters. The minimum Gasteiger partial charge on any atom is -0.330 e. The molecule has 0 fully saturated rings. The summed E-state index contributed by atoms with van der Waals surface area (Å²) in [7, 11) is 0. The molecule has 0 aromatic heterocycles. The first-order chi connectivity index (χ1) is 8.43. The Hall–Kier alpha value is -1.15. The first-order valence-corrected chi connectivity index (χ1v) is 6.73. The van der Waals surface area contributed by atoms with Crippen molar-refractivity contribution in [3.05, 3.63) is 34.9 Å². The van der Waals surface area contributed by atoms with Gasteiger partial charge in [0.1, 0.15) is 5.78 Å². The molecule has 100 valence electrons. The van der Waals surface area contributed by atoms with E-state index in [4.69, 9.17) is 5.73 Å². The molecule has 0 heterocycles. The molecule has 0 aliphatic heterocycles. The SMILES string of the molecule is Cc1ccc(CC(=O)C(CN)CC(C)C)cc1C. The molecule has 0 radical (unpaired) electrons. The Morgan fingerprint density at radius 2 is 1.89 bits per heavy atom. The maximum absolute atomic E-state index is 12.2. The van der Waals surface area contributed by atoms with E-state index >= 15 is 0 Å². The number of nitrogens with two attached hydrogens (primary N) is 1. The van der Waals surface area contributed by atoms with Crippen LogP contribution in [0.25, 0.3) is 0 Å². The van der Waals surface area contributed by atoms with Crippen LogP contribution in [0.15, 0.2) is 18.2 Å². The number of hydrogen-bond acceptors (Lipinski definition) is 2. The van der Waals surface area contributed by atoms with Gasteiger partial charge in [-0.05, 0) is 42.9 Å². The summed E-state index contributed by atoms with van der Waals surface area (Å²) in [5.74, 6) is 0.795. The Morgan fingerprint density at radius 3 is 2.39 bits per heavy atom. The number of aryl methyl sites for hydroxylation is 2. The molecule has 1 atom stereocenters. The van der Waals surface area contributed by atoms with Crippen molar-refractivity contribution in [2.75, 3.05) is 6.54 Å². The topological polar surface area (TPSA) is 43.1 Å². The fourth-order valence-electron chi connectivity index (χ4n) is 2.19. The van der Waals surface area contributed by atoms with Gasteiger partial charge in [0.2, 0.25) is 0 Å². The third-order valence-electron chi connectivity index (χ3n) is 3.45. The third-order valence-corrected chi connectivity index (χ3v) is 3.45. The number of carbonyl (C=O) groups is 1. The van der Waals surface area contributed by atoms with E-state index in [9.17, 15) is 4.79 Å². The fraction of sp³-hybridized carbons (Fsp3) is 0.562. The highest BCUT2D eigenvalue weighted by atomic mass is 16.1. The molecule has 0 bridgehead atoms. The smallest absolute Gasteiger partial charge is 0.141 e. The average Bonchev–Trinajstić information content (AvgIpc) is 2.30. The van der Waals surface area contributed by atoms with E-state index < -0.39 is 0 Å². The van der Waals surface area contributed by atoms with Gasteiger partial charge in [-0.1, -0.05) is 32.0 Å². The molecule has 0 spiro atoms. The first-order valence-electron chi connectivity index (χ1n) is 6.73. The Morgan fingerprint density at radius 1 is 1.22 bits per heavy atom. The summed E-state index contributed by atoms with van der Waals surface area (Å²) in [6.07, 6.45) is 1.40. The molecular formula is C16H25NO. The molecule has 0 aliphatic carbocycles. The zero-order chi connectivity index (χ0) is 13.7. The van der Waals surface area contributed by atoms with Crippen molar-refractivity contribution in [1.82, 2.24) is 0 Å². The molecule has 18 heavy (non-hydrogen) atoms. The van der Waals surface area contributed by atoms with E-state index in [-0.39, 0.29) is 11.7 Å². The van der Waals surface area contributed by atoms with E-state index in [0.717, 1.165) is 12.0 Å². The molecule has 2 N–H and O–H groups in total. The van der Waals surface area contributed by atoms with E-state index in [1.54, 1.807) is 0 Å². The van der Waals surface area contributed by atoms with Crippen molar-refractivity contribution in [3.8, 4) is 0 Å². The van der Waals surface area contributed by atoms with Crippen LogP contribution >= 0.6 is 0 Å². The number of ketones is 1. The second kappa shape index (κ2) is 6.69. The summed E-state index contributed by atoms with van der Waals surface area (Å²) >= 11 is 0. The van der Waals surface area contributed by atoms with Crippen LogP contribution in [0, 0.1) is 25.7 Å².